The van der Waals surface area contributed by atoms with Crippen LogP contribution in [0.15, 0.2) is 83.6 Å². The fourth-order valence-corrected chi connectivity index (χ4v) is 7.10. The van der Waals surface area contributed by atoms with Gasteiger partial charge in [-0.25, -0.2) is 4.79 Å². The number of nitrogens with zero attached hydrogens (tertiary/aromatic N) is 1. The van der Waals surface area contributed by atoms with Crippen molar-refractivity contribution in [3.8, 4) is 0 Å². The van der Waals surface area contributed by atoms with Gasteiger partial charge in [-0.3, -0.25) is 10.2 Å². The number of hydrogen-bond donors (Lipinski definition) is 2. The highest BCUT2D eigenvalue weighted by Gasteiger charge is 2.56. The summed E-state index contributed by atoms with van der Waals surface area (Å²) in [5, 5.41) is 7.64. The quantitative estimate of drug-likeness (QED) is 0.169. The van der Waals surface area contributed by atoms with Crippen LogP contribution < -0.4 is 10.7 Å². The van der Waals surface area contributed by atoms with Gasteiger partial charge in [0.05, 0.1) is 23.4 Å². The first-order valence-corrected chi connectivity index (χ1v) is 20.0. The van der Waals surface area contributed by atoms with E-state index in [-0.39, 0.29) is 11.7 Å². The largest absolute Gasteiger partial charge is 0.444 e. The summed E-state index contributed by atoms with van der Waals surface area (Å²) in [5.41, 5.74) is 4.58. The summed E-state index contributed by atoms with van der Waals surface area (Å²) in [7, 11) is -1.18. The molecule has 0 radical (unpaired) electrons. The van der Waals surface area contributed by atoms with Gasteiger partial charge in [-0.1, -0.05) is 92.5 Å². The molecule has 0 bridgehead atoms. The minimum absolute atomic E-state index is 0.0236. The summed E-state index contributed by atoms with van der Waals surface area (Å²) in [5.74, 6) is 0.726. The maximum absolute atomic E-state index is 14.8. The van der Waals surface area contributed by atoms with Gasteiger partial charge >= 0.3 is 6.09 Å². The van der Waals surface area contributed by atoms with Crippen LogP contribution in [0.25, 0.3) is 11.3 Å². The maximum atomic E-state index is 14.8. The third kappa shape index (κ3) is 6.22. The number of carbonyl (C=O) groups is 2. The van der Waals surface area contributed by atoms with Crippen molar-refractivity contribution < 1.29 is 23.8 Å². The van der Waals surface area contributed by atoms with Gasteiger partial charge in [0.2, 0.25) is 5.90 Å². The van der Waals surface area contributed by atoms with Crippen LogP contribution in [-0.4, -0.2) is 44.7 Å². The second-order valence-corrected chi connectivity index (χ2v) is 20.6. The average Bonchev–Trinajstić information content (AvgIpc) is 3.36. The second kappa shape index (κ2) is 12.0. The molecule has 2 aromatic carbocycles. The lowest BCUT2D eigenvalue weighted by Gasteiger charge is -2.43. The molecular weight excluding hydrogens is 595 g/mol. The number of ketones is 1. The first-order chi connectivity index (χ1) is 21.8. The van der Waals surface area contributed by atoms with Crippen molar-refractivity contribution in [3.05, 3.63) is 95.2 Å². The van der Waals surface area contributed by atoms with E-state index in [9.17, 15) is 9.59 Å². The van der Waals surface area contributed by atoms with E-state index < -0.39 is 30.7 Å². The highest BCUT2D eigenvalue weighted by atomic mass is 28.3. The number of ether oxygens (including phenoxy) is 3. The number of rotatable bonds is 9. The van der Waals surface area contributed by atoms with Gasteiger partial charge in [0, 0.05) is 26.2 Å². The molecule has 0 aromatic heterocycles. The number of carbonyl (C=O) groups excluding carboxylic acids is 2. The second-order valence-electron chi connectivity index (χ2n) is 15.0. The molecule has 6 rings (SSSR count). The first-order valence-electron chi connectivity index (χ1n) is 16.3. The Morgan fingerprint density at radius 2 is 1.78 bits per heavy atom. The zero-order valence-electron chi connectivity index (χ0n) is 27.7. The van der Waals surface area contributed by atoms with E-state index in [1.165, 1.54) is 0 Å². The van der Waals surface area contributed by atoms with E-state index in [1.54, 1.807) is 0 Å². The molecule has 242 valence electrons. The van der Waals surface area contributed by atoms with Gasteiger partial charge in [-0.2, -0.15) is 0 Å². The molecule has 2 aromatic rings. The van der Waals surface area contributed by atoms with Crippen molar-refractivity contribution in [2.45, 2.75) is 76.9 Å². The van der Waals surface area contributed by atoms with Crippen molar-refractivity contribution in [1.29, 1.82) is 0 Å². The molecule has 9 heteroatoms. The average molecular weight is 640 g/mol. The Morgan fingerprint density at radius 1 is 1.07 bits per heavy atom. The van der Waals surface area contributed by atoms with Gasteiger partial charge in [-0.15, -0.1) is 5.10 Å². The monoisotopic (exact) mass is 639 g/mol. The number of hydrogen-bond acceptors (Lipinski definition) is 7. The van der Waals surface area contributed by atoms with E-state index in [4.69, 9.17) is 14.2 Å². The van der Waals surface area contributed by atoms with Crippen molar-refractivity contribution in [2.24, 2.45) is 16.4 Å². The predicted octanol–water partition coefficient (Wildman–Crippen LogP) is 7.39. The van der Waals surface area contributed by atoms with Crippen molar-refractivity contribution in [2.75, 3.05) is 13.2 Å². The number of Topliss-reactive ketones (excluding diaryl/α,β-unsaturated/α-hetero) is 1. The number of allylic oxidation sites excluding steroid dienone is 1. The maximum Gasteiger partial charge on any atom is 0.408 e. The predicted molar refractivity (Wildman–Crippen MR) is 183 cm³/mol. The van der Waals surface area contributed by atoms with Crippen LogP contribution in [-0.2, 0) is 24.5 Å². The van der Waals surface area contributed by atoms with E-state index in [2.05, 4.69) is 35.5 Å². The number of alkyl carbamates (subject to hydrolysis) is 1. The third-order valence-corrected chi connectivity index (χ3v) is 10.7. The zero-order chi connectivity index (χ0) is 32.7. The normalized spacial score (nSPS) is 23.3. The molecule has 0 saturated heterocycles. The molecule has 2 heterocycles. The molecule has 2 atom stereocenters. The highest BCUT2D eigenvalue weighted by molar-refractivity contribution is 6.76. The van der Waals surface area contributed by atoms with Gasteiger partial charge in [0.1, 0.15) is 11.4 Å². The van der Waals surface area contributed by atoms with Crippen LogP contribution in [0.4, 0.5) is 4.79 Å². The lowest BCUT2D eigenvalue weighted by atomic mass is 9.69. The summed E-state index contributed by atoms with van der Waals surface area (Å²) in [4.78, 5) is 27.5. The molecule has 4 aliphatic rings. The van der Waals surface area contributed by atoms with Crippen molar-refractivity contribution in [1.82, 2.24) is 10.7 Å². The van der Waals surface area contributed by atoms with Crippen molar-refractivity contribution in [3.63, 3.8) is 0 Å². The van der Waals surface area contributed by atoms with Gasteiger partial charge < -0.3 is 19.5 Å². The molecule has 1 amide bonds. The lowest BCUT2D eigenvalue weighted by Crippen LogP contribution is -2.52. The Labute approximate surface area is 273 Å². The standard InChI is InChI=1S/C37H45N3O5Si/c1-35(2,3)45-34(42)38-36(18-10-19-36)28-15-13-26(14-16-28)30-31(27-11-8-7-9-12-27)44-33-37(32(30)41)20-17-25(23-29(37)39-40-33)24-43-21-22-46(4,5)6/h7-9,11-17,20,23,25,39H,10,18-19,21-22,24H2,1-6H3,(H,38,42). The number of hydrazone groups is 1. The smallest absolute Gasteiger partial charge is 0.408 e. The Balaban J connectivity index is 1.31. The van der Waals surface area contributed by atoms with Crippen LogP contribution >= 0.6 is 0 Å². The Hall–Kier alpha value is -3.95. The fraction of sp³-hybridized carbons (Fsp3) is 0.432. The highest BCUT2D eigenvalue weighted by Crippen LogP contribution is 2.50. The summed E-state index contributed by atoms with van der Waals surface area (Å²) < 4.78 is 18.2. The Bertz CT molecular complexity index is 1630. The summed E-state index contributed by atoms with van der Waals surface area (Å²) in [6, 6.07) is 18.7. The van der Waals surface area contributed by atoms with E-state index >= 15 is 0 Å². The van der Waals surface area contributed by atoms with Crippen LogP contribution in [0.1, 0.15) is 56.7 Å². The summed E-state index contributed by atoms with van der Waals surface area (Å²) in [6.45, 7) is 13.9. The van der Waals surface area contributed by atoms with Crippen molar-refractivity contribution >= 4 is 37.2 Å². The van der Waals surface area contributed by atoms with Gasteiger partial charge in [0.15, 0.2) is 11.2 Å². The van der Waals surface area contributed by atoms with E-state index in [1.807, 2.05) is 93.6 Å². The summed E-state index contributed by atoms with van der Waals surface area (Å²) >= 11 is 0. The molecule has 1 saturated carbocycles. The van der Waals surface area contributed by atoms with Gasteiger partial charge in [-0.05, 0) is 57.2 Å². The van der Waals surface area contributed by atoms with E-state index in [0.29, 0.717) is 29.5 Å². The lowest BCUT2D eigenvalue weighted by molar-refractivity contribution is -0.117. The first kappa shape index (κ1) is 32.0. The van der Waals surface area contributed by atoms with Crippen LogP contribution in [0, 0.1) is 11.3 Å². The van der Waals surface area contributed by atoms with Crippen LogP contribution in [0.5, 0.6) is 0 Å². The molecular formula is C37H45N3O5Si. The molecule has 8 nitrogen and oxygen atoms in total. The van der Waals surface area contributed by atoms with Gasteiger partial charge in [0.25, 0.3) is 0 Å². The minimum Gasteiger partial charge on any atom is -0.444 e. The molecule has 1 fully saturated rings. The van der Waals surface area contributed by atoms with Crippen LogP contribution in [0.2, 0.25) is 25.7 Å². The number of nitrogens with one attached hydrogen (secondary N) is 2. The Kier molecular flexibility index (Phi) is 8.35. The van der Waals surface area contributed by atoms with E-state index in [0.717, 1.165) is 48.6 Å². The molecule has 2 unspecified atom stereocenters. The molecule has 2 N–H and O–H groups in total. The minimum atomic E-state index is -1.18. The summed E-state index contributed by atoms with van der Waals surface area (Å²) in [6.07, 6.45) is 8.24. The molecule has 1 spiro atoms. The third-order valence-electron chi connectivity index (χ3n) is 9.04. The fourth-order valence-electron chi connectivity index (χ4n) is 6.34. The molecule has 46 heavy (non-hydrogen) atoms. The zero-order valence-corrected chi connectivity index (χ0v) is 28.7. The topological polar surface area (TPSA) is 98.2 Å². The molecule has 2 aliphatic carbocycles. The Morgan fingerprint density at radius 3 is 2.41 bits per heavy atom. The number of amides is 1. The molecule has 2 aliphatic heterocycles. The van der Waals surface area contributed by atoms with Crippen LogP contribution in [0.3, 0.4) is 0 Å². The number of benzene rings is 2. The SMILES string of the molecule is CC(C)(C)OC(=O)NC1(c2ccc(C3=C(c4ccccc4)OC4=NNC5=CC(COCC[Si](C)(C)C)C=CC54C3=O)cc2)CCC1.